The van der Waals surface area contributed by atoms with Gasteiger partial charge in [0, 0.05) is 23.3 Å². The molecule has 0 unspecified atom stereocenters. The van der Waals surface area contributed by atoms with Gasteiger partial charge in [-0.15, -0.1) is 0 Å². The lowest BCUT2D eigenvalue weighted by Crippen LogP contribution is -2.29. The van der Waals surface area contributed by atoms with Crippen molar-refractivity contribution in [2.24, 2.45) is 0 Å². The summed E-state index contributed by atoms with van der Waals surface area (Å²) < 4.78 is 2.17. The lowest BCUT2D eigenvalue weighted by molar-refractivity contribution is 0.565. The Kier molecular flexibility index (Phi) is 6.34. The number of benzene rings is 2. The number of halogens is 2. The van der Waals surface area contributed by atoms with Crippen LogP contribution in [-0.4, -0.2) is 14.7 Å². The Morgan fingerprint density at radius 2 is 1.71 bits per heavy atom. The van der Waals surface area contributed by atoms with Crippen LogP contribution in [-0.2, 0) is 0 Å². The third-order valence-corrected chi connectivity index (χ3v) is 7.95. The summed E-state index contributed by atoms with van der Waals surface area (Å²) in [7, 11) is 0. The van der Waals surface area contributed by atoms with Crippen molar-refractivity contribution in [1.82, 2.24) is 14.9 Å². The zero-order valence-electron chi connectivity index (χ0n) is 20.0. The molecule has 0 aliphatic carbocycles. The maximum absolute atomic E-state index is 6.64. The zero-order chi connectivity index (χ0) is 24.9. The first kappa shape index (κ1) is 23.9. The van der Waals surface area contributed by atoms with E-state index in [4.69, 9.17) is 35.4 Å². The fraction of sp³-hybridized carbons (Fsp3) is 0.214. The summed E-state index contributed by atoms with van der Waals surface area (Å²) in [5.41, 5.74) is 8.63. The van der Waals surface area contributed by atoms with Crippen molar-refractivity contribution in [3.05, 3.63) is 111 Å². The van der Waals surface area contributed by atoms with E-state index in [9.17, 15) is 0 Å². The van der Waals surface area contributed by atoms with Gasteiger partial charge in [-0.2, -0.15) is 0 Å². The standard InChI is InChI=1S/C28H26Cl2N4S/c1-16-11-12-20(14-17(16)2)34-27(26(32-28(34)35)23-9-5-6-13-31-23)21-15-18(3)33(19(21)4)24-10-7-8-22(29)25(24)30/h5-15,26-27H,1-4H3,(H,32,35)/t26-,27-/m0/s1. The van der Waals surface area contributed by atoms with Crippen LogP contribution in [0.3, 0.4) is 0 Å². The molecule has 178 valence electrons. The van der Waals surface area contributed by atoms with Crippen LogP contribution in [0, 0.1) is 27.7 Å². The van der Waals surface area contributed by atoms with Gasteiger partial charge in [-0.3, -0.25) is 4.98 Å². The molecule has 3 heterocycles. The summed E-state index contributed by atoms with van der Waals surface area (Å²) >= 11 is 18.9. The van der Waals surface area contributed by atoms with Crippen LogP contribution in [0.2, 0.25) is 10.0 Å². The second-order valence-electron chi connectivity index (χ2n) is 9.00. The average Bonchev–Trinajstić information content (AvgIpc) is 3.33. The summed E-state index contributed by atoms with van der Waals surface area (Å²) in [5.74, 6) is 0. The third kappa shape index (κ3) is 4.12. The molecule has 2 atom stereocenters. The van der Waals surface area contributed by atoms with Crippen LogP contribution in [0.25, 0.3) is 5.69 Å². The van der Waals surface area contributed by atoms with E-state index < -0.39 is 0 Å². The van der Waals surface area contributed by atoms with Crippen LogP contribution in [0.4, 0.5) is 5.69 Å². The number of thiocarbonyl (C=S) groups is 1. The van der Waals surface area contributed by atoms with Gasteiger partial charge in [-0.05, 0) is 99.1 Å². The number of aryl methyl sites for hydroxylation is 3. The summed E-state index contributed by atoms with van der Waals surface area (Å²) in [6.45, 7) is 8.46. The van der Waals surface area contributed by atoms with Gasteiger partial charge < -0.3 is 14.8 Å². The first-order valence-electron chi connectivity index (χ1n) is 11.5. The van der Waals surface area contributed by atoms with Gasteiger partial charge in [-0.1, -0.05) is 41.4 Å². The van der Waals surface area contributed by atoms with E-state index in [-0.39, 0.29) is 12.1 Å². The van der Waals surface area contributed by atoms with Gasteiger partial charge in [0.15, 0.2) is 5.11 Å². The van der Waals surface area contributed by atoms with E-state index in [0.29, 0.717) is 15.2 Å². The van der Waals surface area contributed by atoms with E-state index in [1.807, 2.05) is 36.5 Å². The molecule has 2 aromatic carbocycles. The Balaban J connectivity index is 1.71. The first-order valence-corrected chi connectivity index (χ1v) is 12.7. The van der Waals surface area contributed by atoms with Crippen molar-refractivity contribution < 1.29 is 0 Å². The minimum Gasteiger partial charge on any atom is -0.351 e. The van der Waals surface area contributed by atoms with E-state index in [1.165, 1.54) is 11.1 Å². The second-order valence-corrected chi connectivity index (χ2v) is 10.2. The maximum Gasteiger partial charge on any atom is 0.174 e. The maximum atomic E-state index is 6.64. The molecule has 5 rings (SSSR count). The van der Waals surface area contributed by atoms with E-state index in [2.05, 4.69) is 71.7 Å². The molecule has 0 spiro atoms. The lowest BCUT2D eigenvalue weighted by Gasteiger charge is -2.28. The highest BCUT2D eigenvalue weighted by Crippen LogP contribution is 2.44. The minimum absolute atomic E-state index is 0.0996. The van der Waals surface area contributed by atoms with Gasteiger partial charge in [0.1, 0.15) is 0 Å². The molecule has 1 saturated heterocycles. The Morgan fingerprint density at radius 3 is 2.43 bits per heavy atom. The molecule has 1 N–H and O–H groups in total. The van der Waals surface area contributed by atoms with Crippen LogP contribution >= 0.6 is 35.4 Å². The lowest BCUT2D eigenvalue weighted by atomic mass is 9.96. The van der Waals surface area contributed by atoms with Crippen LogP contribution in [0.15, 0.2) is 66.9 Å². The van der Waals surface area contributed by atoms with Crippen molar-refractivity contribution in [3.63, 3.8) is 0 Å². The van der Waals surface area contributed by atoms with Gasteiger partial charge in [-0.25, -0.2) is 0 Å². The third-order valence-electron chi connectivity index (χ3n) is 6.83. The highest BCUT2D eigenvalue weighted by molar-refractivity contribution is 7.80. The van der Waals surface area contributed by atoms with E-state index in [1.54, 1.807) is 6.07 Å². The van der Waals surface area contributed by atoms with Crippen molar-refractivity contribution >= 4 is 46.2 Å². The highest BCUT2D eigenvalue weighted by Gasteiger charge is 2.42. The van der Waals surface area contributed by atoms with Crippen molar-refractivity contribution in [1.29, 1.82) is 0 Å². The number of rotatable bonds is 4. The SMILES string of the molecule is Cc1ccc(N2C(=S)N[C@@H](c3ccccn3)[C@@H]2c2cc(C)n(-c3cccc(Cl)c3Cl)c2C)cc1C. The Bertz CT molecular complexity index is 1430. The fourth-order valence-corrected chi connectivity index (χ4v) is 5.67. The topological polar surface area (TPSA) is 33.1 Å². The van der Waals surface area contributed by atoms with Crippen LogP contribution in [0.5, 0.6) is 0 Å². The van der Waals surface area contributed by atoms with Gasteiger partial charge in [0.2, 0.25) is 0 Å². The molecule has 0 saturated carbocycles. The van der Waals surface area contributed by atoms with Gasteiger partial charge >= 0.3 is 0 Å². The smallest absolute Gasteiger partial charge is 0.174 e. The van der Waals surface area contributed by atoms with Gasteiger partial charge in [0.25, 0.3) is 0 Å². The number of pyridine rings is 1. The number of aromatic nitrogens is 2. The molecule has 4 aromatic rings. The molecular weight excluding hydrogens is 495 g/mol. The molecular formula is C28H26Cl2N4S. The Hall–Kier alpha value is -2.86. The summed E-state index contributed by atoms with van der Waals surface area (Å²) in [6, 6.07) is 20.2. The number of anilines is 1. The van der Waals surface area contributed by atoms with Crippen LogP contribution in [0.1, 0.15) is 45.9 Å². The molecule has 0 radical (unpaired) electrons. The molecule has 7 heteroatoms. The summed E-state index contributed by atoms with van der Waals surface area (Å²) in [5, 5.41) is 5.31. The molecule has 0 amide bonds. The number of hydrogen-bond donors (Lipinski definition) is 1. The molecule has 0 bridgehead atoms. The predicted molar refractivity (Wildman–Crippen MR) is 149 cm³/mol. The quantitative estimate of drug-likeness (QED) is 0.281. The fourth-order valence-electron chi connectivity index (χ4n) is 4.95. The first-order chi connectivity index (χ1) is 16.8. The molecule has 35 heavy (non-hydrogen) atoms. The number of nitrogens with zero attached hydrogens (tertiary/aromatic N) is 3. The second kappa shape index (κ2) is 9.30. The minimum atomic E-state index is -0.117. The molecule has 1 aliphatic heterocycles. The number of hydrogen-bond acceptors (Lipinski definition) is 2. The van der Waals surface area contributed by atoms with E-state index >= 15 is 0 Å². The molecule has 1 aliphatic rings. The molecule has 1 fully saturated rings. The summed E-state index contributed by atoms with van der Waals surface area (Å²) in [4.78, 5) is 6.89. The van der Waals surface area contributed by atoms with Gasteiger partial charge in [0.05, 0.1) is 33.5 Å². The monoisotopic (exact) mass is 520 g/mol. The average molecular weight is 522 g/mol. The van der Waals surface area contributed by atoms with Crippen molar-refractivity contribution in [3.8, 4) is 5.69 Å². The normalized spacial score (nSPS) is 17.7. The van der Waals surface area contributed by atoms with E-state index in [0.717, 1.165) is 34.0 Å². The predicted octanol–water partition coefficient (Wildman–Crippen LogP) is 7.59. The molecule has 4 nitrogen and oxygen atoms in total. The Labute approximate surface area is 221 Å². The van der Waals surface area contributed by atoms with Crippen molar-refractivity contribution in [2.75, 3.05) is 4.90 Å². The number of nitrogens with one attached hydrogen (secondary N) is 1. The molecule has 2 aromatic heterocycles. The summed E-state index contributed by atoms with van der Waals surface area (Å²) in [6.07, 6.45) is 1.82. The zero-order valence-corrected chi connectivity index (χ0v) is 22.3. The highest BCUT2D eigenvalue weighted by atomic mass is 35.5. The van der Waals surface area contributed by atoms with Crippen LogP contribution < -0.4 is 10.2 Å². The Morgan fingerprint density at radius 1 is 0.914 bits per heavy atom. The largest absolute Gasteiger partial charge is 0.351 e. The van der Waals surface area contributed by atoms with Crippen molar-refractivity contribution in [2.45, 2.75) is 39.8 Å².